The SMILES string of the molecule is C[C@@H]1CC2CC(OCc3c(-c4c(F)cccc4F)noc3C3CC3)CC1N2c1ncc(C(=O)O)cn1. The smallest absolute Gasteiger partial charge is 0.338 e. The largest absolute Gasteiger partial charge is 0.478 e. The molecule has 3 unspecified atom stereocenters. The maximum Gasteiger partial charge on any atom is 0.338 e. The Morgan fingerprint density at radius 1 is 1.17 bits per heavy atom. The summed E-state index contributed by atoms with van der Waals surface area (Å²) in [5.41, 5.74) is 0.668. The monoisotopic (exact) mass is 496 g/mol. The number of aromatic nitrogens is 3. The van der Waals surface area contributed by atoms with Crippen LogP contribution in [0.4, 0.5) is 14.7 Å². The third-order valence-electron chi connectivity index (χ3n) is 7.64. The van der Waals surface area contributed by atoms with Crippen LogP contribution < -0.4 is 4.90 Å². The van der Waals surface area contributed by atoms with Gasteiger partial charge in [-0.1, -0.05) is 18.1 Å². The summed E-state index contributed by atoms with van der Waals surface area (Å²) in [6.45, 7) is 2.36. The summed E-state index contributed by atoms with van der Waals surface area (Å²) in [5, 5.41) is 13.2. The van der Waals surface area contributed by atoms with E-state index in [1.54, 1.807) is 0 Å². The number of halogens is 2. The van der Waals surface area contributed by atoms with E-state index in [0.717, 1.165) is 32.1 Å². The van der Waals surface area contributed by atoms with E-state index < -0.39 is 17.6 Å². The van der Waals surface area contributed by atoms with Crippen LogP contribution in [0.5, 0.6) is 0 Å². The predicted octanol–water partition coefficient (Wildman–Crippen LogP) is 4.95. The second-order valence-electron chi connectivity index (χ2n) is 10.1. The summed E-state index contributed by atoms with van der Waals surface area (Å²) in [6.07, 6.45) is 7.00. The number of carbonyl (C=O) groups is 1. The van der Waals surface area contributed by atoms with Crippen molar-refractivity contribution in [1.82, 2.24) is 15.1 Å². The van der Waals surface area contributed by atoms with Crippen molar-refractivity contribution in [2.45, 2.75) is 69.7 Å². The minimum Gasteiger partial charge on any atom is -0.478 e. The number of nitrogens with zero attached hydrogens (tertiary/aromatic N) is 4. The van der Waals surface area contributed by atoms with Gasteiger partial charge in [-0.05, 0) is 50.2 Å². The van der Waals surface area contributed by atoms with E-state index in [-0.39, 0.29) is 47.5 Å². The Balaban J connectivity index is 1.21. The lowest BCUT2D eigenvalue weighted by molar-refractivity contribution is 0.0133. The van der Waals surface area contributed by atoms with Gasteiger partial charge >= 0.3 is 5.97 Å². The van der Waals surface area contributed by atoms with E-state index in [2.05, 4.69) is 26.9 Å². The van der Waals surface area contributed by atoms with Crippen LogP contribution >= 0.6 is 0 Å². The standard InChI is InChI=1S/C26H26F2N4O4/c1-13-7-16-8-17(9-21(13)32(16)26-29-10-15(11-30-26)25(33)34)35-12-18-23(31-36-24(18)14-5-6-14)22-19(27)3-2-4-20(22)28/h2-4,10-11,13-14,16-17,21H,5-9,12H2,1H3,(H,33,34)/t13-,16?,17?,21?/m1/s1. The first kappa shape index (κ1) is 23.0. The lowest BCUT2D eigenvalue weighted by Crippen LogP contribution is -2.47. The Morgan fingerprint density at radius 3 is 2.53 bits per heavy atom. The van der Waals surface area contributed by atoms with Gasteiger partial charge in [0, 0.05) is 36.0 Å². The van der Waals surface area contributed by atoms with Gasteiger partial charge in [0.1, 0.15) is 23.1 Å². The molecule has 2 saturated heterocycles. The van der Waals surface area contributed by atoms with Crippen molar-refractivity contribution in [3.8, 4) is 11.3 Å². The van der Waals surface area contributed by atoms with Gasteiger partial charge in [-0.3, -0.25) is 0 Å². The molecule has 3 fully saturated rings. The van der Waals surface area contributed by atoms with Crippen LogP contribution in [0.25, 0.3) is 11.3 Å². The number of carboxylic acid groups (broad SMARTS) is 1. The maximum absolute atomic E-state index is 14.6. The Hall–Kier alpha value is -3.40. The zero-order valence-electron chi connectivity index (χ0n) is 19.7. The average Bonchev–Trinajstić information content (AvgIpc) is 3.58. The number of piperidine rings is 1. The van der Waals surface area contributed by atoms with Crippen LogP contribution in [0.2, 0.25) is 0 Å². The molecule has 1 aliphatic carbocycles. The first-order valence-corrected chi connectivity index (χ1v) is 12.3. The van der Waals surface area contributed by atoms with Crippen LogP contribution in [0.15, 0.2) is 35.1 Å². The van der Waals surface area contributed by atoms with E-state index in [9.17, 15) is 13.6 Å². The van der Waals surface area contributed by atoms with E-state index >= 15 is 0 Å². The number of carboxylic acids is 1. The van der Waals surface area contributed by atoms with Gasteiger partial charge in [-0.25, -0.2) is 23.5 Å². The molecule has 8 nitrogen and oxygen atoms in total. The first-order chi connectivity index (χ1) is 17.4. The summed E-state index contributed by atoms with van der Waals surface area (Å²) >= 11 is 0. The van der Waals surface area contributed by atoms with Gasteiger partial charge in [-0.15, -0.1) is 0 Å². The zero-order valence-corrected chi connectivity index (χ0v) is 19.7. The highest BCUT2D eigenvalue weighted by Gasteiger charge is 2.46. The van der Waals surface area contributed by atoms with Gasteiger partial charge in [-0.2, -0.15) is 0 Å². The molecule has 188 valence electrons. The van der Waals surface area contributed by atoms with Crippen molar-refractivity contribution in [2.75, 3.05) is 4.90 Å². The molecule has 1 N–H and O–H groups in total. The van der Waals surface area contributed by atoms with Crippen molar-refractivity contribution in [1.29, 1.82) is 0 Å². The van der Waals surface area contributed by atoms with Crippen LogP contribution in [0.3, 0.4) is 0 Å². The highest BCUT2D eigenvalue weighted by atomic mass is 19.1. The number of rotatable bonds is 7. The highest BCUT2D eigenvalue weighted by Crippen LogP contribution is 2.46. The minimum absolute atomic E-state index is 0.0552. The molecular weight excluding hydrogens is 470 g/mol. The van der Waals surface area contributed by atoms with Crippen LogP contribution in [-0.2, 0) is 11.3 Å². The summed E-state index contributed by atoms with van der Waals surface area (Å²) in [6, 6.07) is 4.07. The molecule has 3 aliphatic rings. The number of hydrogen-bond donors (Lipinski definition) is 1. The van der Waals surface area contributed by atoms with Gasteiger partial charge in [0.25, 0.3) is 0 Å². The number of fused-ring (bicyclic) bond motifs is 2. The van der Waals surface area contributed by atoms with Crippen LogP contribution in [-0.4, -0.2) is 44.4 Å². The Kier molecular flexibility index (Phi) is 5.70. The third kappa shape index (κ3) is 4.03. The molecule has 0 radical (unpaired) electrons. The van der Waals surface area contributed by atoms with Gasteiger partial charge in [0.15, 0.2) is 0 Å². The van der Waals surface area contributed by atoms with Crippen LogP contribution in [0, 0.1) is 17.6 Å². The third-order valence-corrected chi connectivity index (χ3v) is 7.64. The molecule has 0 amide bonds. The molecule has 4 heterocycles. The van der Waals surface area contributed by atoms with Gasteiger partial charge < -0.3 is 19.3 Å². The molecule has 4 atom stereocenters. The van der Waals surface area contributed by atoms with Crippen LogP contribution in [0.1, 0.15) is 66.6 Å². The zero-order chi connectivity index (χ0) is 25.0. The van der Waals surface area contributed by atoms with Crippen molar-refractivity contribution in [2.24, 2.45) is 5.92 Å². The van der Waals surface area contributed by atoms with Crippen molar-refractivity contribution in [3.05, 3.63) is 59.1 Å². The summed E-state index contributed by atoms with van der Waals surface area (Å²) in [4.78, 5) is 22.0. The van der Waals surface area contributed by atoms with Crippen molar-refractivity contribution >= 4 is 11.9 Å². The van der Waals surface area contributed by atoms with Crippen molar-refractivity contribution in [3.63, 3.8) is 0 Å². The second-order valence-corrected chi connectivity index (χ2v) is 10.1. The molecule has 3 aromatic rings. The molecule has 36 heavy (non-hydrogen) atoms. The van der Waals surface area contributed by atoms with E-state index in [1.165, 1.54) is 30.6 Å². The number of benzene rings is 1. The quantitative estimate of drug-likeness (QED) is 0.490. The summed E-state index contributed by atoms with van der Waals surface area (Å²) in [5.74, 6) is -0.616. The summed E-state index contributed by atoms with van der Waals surface area (Å²) in [7, 11) is 0. The lowest BCUT2D eigenvalue weighted by atomic mass is 9.97. The Morgan fingerprint density at radius 2 is 1.89 bits per heavy atom. The predicted molar refractivity (Wildman–Crippen MR) is 124 cm³/mol. The Bertz CT molecular complexity index is 1270. The number of aromatic carboxylic acids is 1. The Labute approximate surface area is 206 Å². The fourth-order valence-corrected chi connectivity index (χ4v) is 5.73. The topological polar surface area (TPSA) is 102 Å². The molecule has 0 spiro atoms. The molecule has 1 saturated carbocycles. The van der Waals surface area contributed by atoms with E-state index in [0.29, 0.717) is 23.2 Å². The van der Waals surface area contributed by atoms with Gasteiger partial charge in [0.05, 0.1) is 23.8 Å². The molecule has 2 aromatic heterocycles. The average molecular weight is 497 g/mol. The highest BCUT2D eigenvalue weighted by molar-refractivity contribution is 5.86. The first-order valence-electron chi connectivity index (χ1n) is 12.3. The normalized spacial score (nSPS) is 25.4. The fraction of sp³-hybridized carbons (Fsp3) is 0.462. The fourth-order valence-electron chi connectivity index (χ4n) is 5.73. The molecule has 2 aliphatic heterocycles. The molecule has 10 heteroatoms. The molecular formula is C26H26F2N4O4. The number of ether oxygens (including phenoxy) is 1. The molecule has 6 rings (SSSR count). The maximum atomic E-state index is 14.6. The van der Waals surface area contributed by atoms with Crippen molar-refractivity contribution < 1.29 is 27.9 Å². The second kappa shape index (κ2) is 8.92. The number of anilines is 1. The van der Waals surface area contributed by atoms with E-state index in [4.69, 9.17) is 14.4 Å². The molecule has 2 bridgehead atoms. The number of hydrogen-bond acceptors (Lipinski definition) is 7. The van der Waals surface area contributed by atoms with E-state index in [1.807, 2.05) is 0 Å². The molecule has 1 aromatic carbocycles. The van der Waals surface area contributed by atoms with Gasteiger partial charge in [0.2, 0.25) is 5.95 Å². The minimum atomic E-state index is -1.06. The summed E-state index contributed by atoms with van der Waals surface area (Å²) < 4.78 is 41.0. The lowest BCUT2D eigenvalue weighted by Gasteiger charge is -2.39.